The van der Waals surface area contributed by atoms with Gasteiger partial charge in [0, 0.05) is 12.3 Å². The van der Waals surface area contributed by atoms with E-state index in [9.17, 15) is 0 Å². The fourth-order valence-corrected chi connectivity index (χ4v) is 1.26. The minimum absolute atomic E-state index is 0.836. The summed E-state index contributed by atoms with van der Waals surface area (Å²) in [6.07, 6.45) is 5.14. The Balaban J connectivity index is 2.13. The summed E-state index contributed by atoms with van der Waals surface area (Å²) in [7, 11) is 0. The van der Waals surface area contributed by atoms with Crippen molar-refractivity contribution in [1.29, 1.82) is 0 Å². The molecule has 0 radical (unpaired) electrons. The lowest BCUT2D eigenvalue weighted by molar-refractivity contribution is 0.602. The van der Waals surface area contributed by atoms with Crippen molar-refractivity contribution in [2.45, 2.75) is 39.5 Å². The van der Waals surface area contributed by atoms with Gasteiger partial charge in [-0.3, -0.25) is 4.99 Å². The van der Waals surface area contributed by atoms with E-state index < -0.39 is 0 Å². The molecule has 0 saturated heterocycles. The second kappa shape index (κ2) is 3.75. The van der Waals surface area contributed by atoms with Crippen molar-refractivity contribution in [2.24, 2.45) is 10.9 Å². The Morgan fingerprint density at radius 2 is 2.30 bits per heavy atom. The van der Waals surface area contributed by atoms with Gasteiger partial charge in [0.1, 0.15) is 0 Å². The van der Waals surface area contributed by atoms with Crippen LogP contribution in [-0.4, -0.2) is 12.3 Å². The predicted octanol–water partition coefficient (Wildman–Crippen LogP) is 2.66. The lowest BCUT2D eigenvalue weighted by atomic mass is 10.0. The molecule has 0 aromatic rings. The Kier molecular flexibility index (Phi) is 2.91. The van der Waals surface area contributed by atoms with Gasteiger partial charge in [0.05, 0.1) is 0 Å². The molecule has 0 aliphatic carbocycles. The van der Waals surface area contributed by atoms with Crippen molar-refractivity contribution in [3.8, 4) is 0 Å². The molecule has 0 N–H and O–H groups in total. The van der Waals surface area contributed by atoms with Gasteiger partial charge in [-0.1, -0.05) is 13.8 Å². The van der Waals surface area contributed by atoms with Crippen LogP contribution < -0.4 is 0 Å². The summed E-state index contributed by atoms with van der Waals surface area (Å²) in [5.74, 6) is 0.836. The van der Waals surface area contributed by atoms with E-state index in [1.54, 1.807) is 0 Å². The Hall–Kier alpha value is -0.330. The summed E-state index contributed by atoms with van der Waals surface area (Å²) in [4.78, 5) is 4.42. The third kappa shape index (κ3) is 2.51. The lowest BCUT2D eigenvalue weighted by Crippen LogP contribution is -1.96. The second-order valence-electron chi connectivity index (χ2n) is 3.48. The Morgan fingerprint density at radius 1 is 1.50 bits per heavy atom. The quantitative estimate of drug-likeness (QED) is 0.570. The molecule has 58 valence electrons. The molecule has 0 atom stereocenters. The van der Waals surface area contributed by atoms with Crippen LogP contribution in [0.5, 0.6) is 0 Å². The standard InChI is InChI=1S/C9H17N/c1-8(2)5-6-9-4-3-7-10-9/h8H,3-7H2,1-2H3. The molecule has 10 heavy (non-hydrogen) atoms. The molecule has 0 bridgehead atoms. The fraction of sp³-hybridized carbons (Fsp3) is 0.889. The van der Waals surface area contributed by atoms with Gasteiger partial charge in [-0.05, 0) is 31.6 Å². The number of hydrogen-bond acceptors (Lipinski definition) is 1. The molecule has 0 saturated carbocycles. The zero-order valence-electron chi connectivity index (χ0n) is 7.06. The summed E-state index contributed by atoms with van der Waals surface area (Å²) in [5.41, 5.74) is 1.47. The Labute approximate surface area is 63.5 Å². The molecular weight excluding hydrogens is 122 g/mol. The van der Waals surface area contributed by atoms with Crippen LogP contribution in [0.25, 0.3) is 0 Å². The highest BCUT2D eigenvalue weighted by molar-refractivity contribution is 5.85. The van der Waals surface area contributed by atoms with Gasteiger partial charge < -0.3 is 0 Å². The molecule has 0 aromatic carbocycles. The first kappa shape index (κ1) is 7.77. The zero-order valence-corrected chi connectivity index (χ0v) is 7.06. The Bertz CT molecular complexity index is 125. The maximum atomic E-state index is 4.42. The van der Waals surface area contributed by atoms with E-state index in [1.807, 2.05) is 0 Å². The normalized spacial score (nSPS) is 18.1. The summed E-state index contributed by atoms with van der Waals surface area (Å²) < 4.78 is 0. The number of hydrogen-bond donors (Lipinski definition) is 0. The van der Waals surface area contributed by atoms with Crippen LogP contribution in [0.2, 0.25) is 0 Å². The van der Waals surface area contributed by atoms with E-state index in [1.165, 1.54) is 31.4 Å². The van der Waals surface area contributed by atoms with Crippen molar-refractivity contribution in [3.05, 3.63) is 0 Å². The van der Waals surface area contributed by atoms with Crippen LogP contribution in [0.1, 0.15) is 39.5 Å². The average Bonchev–Trinajstić information content (AvgIpc) is 2.34. The van der Waals surface area contributed by atoms with Gasteiger partial charge in [0.25, 0.3) is 0 Å². The van der Waals surface area contributed by atoms with Gasteiger partial charge in [-0.2, -0.15) is 0 Å². The van der Waals surface area contributed by atoms with Crippen LogP contribution >= 0.6 is 0 Å². The van der Waals surface area contributed by atoms with Crippen molar-refractivity contribution in [1.82, 2.24) is 0 Å². The number of rotatable bonds is 3. The number of aliphatic imine (C=N–C) groups is 1. The summed E-state index contributed by atoms with van der Waals surface area (Å²) in [6.45, 7) is 5.64. The van der Waals surface area contributed by atoms with Crippen molar-refractivity contribution in [2.75, 3.05) is 6.54 Å². The molecule has 1 heteroatoms. The molecule has 0 spiro atoms. The molecule has 1 aliphatic rings. The monoisotopic (exact) mass is 139 g/mol. The molecule has 1 nitrogen and oxygen atoms in total. The maximum Gasteiger partial charge on any atom is 0.0392 e. The highest BCUT2D eigenvalue weighted by Gasteiger charge is 2.05. The van der Waals surface area contributed by atoms with Crippen molar-refractivity contribution >= 4 is 5.71 Å². The number of nitrogens with zero attached hydrogens (tertiary/aromatic N) is 1. The van der Waals surface area contributed by atoms with Crippen LogP contribution in [0.4, 0.5) is 0 Å². The molecule has 1 rings (SSSR count). The SMILES string of the molecule is CC(C)CCC1=NCCC1. The molecule has 1 heterocycles. The molecule has 1 aliphatic heterocycles. The first-order chi connectivity index (χ1) is 4.79. The first-order valence-corrected chi connectivity index (χ1v) is 4.31. The second-order valence-corrected chi connectivity index (χ2v) is 3.48. The van der Waals surface area contributed by atoms with E-state index in [4.69, 9.17) is 0 Å². The van der Waals surface area contributed by atoms with E-state index in [-0.39, 0.29) is 0 Å². The topological polar surface area (TPSA) is 12.4 Å². The van der Waals surface area contributed by atoms with E-state index in [0.29, 0.717) is 0 Å². The smallest absolute Gasteiger partial charge is 0.0392 e. The molecule has 0 fully saturated rings. The van der Waals surface area contributed by atoms with Crippen molar-refractivity contribution < 1.29 is 0 Å². The highest BCUT2D eigenvalue weighted by Crippen LogP contribution is 2.12. The summed E-state index contributed by atoms with van der Waals surface area (Å²) in [5, 5.41) is 0. The van der Waals surface area contributed by atoms with Crippen molar-refractivity contribution in [3.63, 3.8) is 0 Å². The molecule has 0 unspecified atom stereocenters. The van der Waals surface area contributed by atoms with E-state index >= 15 is 0 Å². The zero-order chi connectivity index (χ0) is 7.40. The van der Waals surface area contributed by atoms with Gasteiger partial charge in [-0.25, -0.2) is 0 Å². The van der Waals surface area contributed by atoms with Crippen LogP contribution in [0.15, 0.2) is 4.99 Å². The third-order valence-corrected chi connectivity index (χ3v) is 1.97. The highest BCUT2D eigenvalue weighted by atomic mass is 14.8. The average molecular weight is 139 g/mol. The van der Waals surface area contributed by atoms with Crippen LogP contribution in [0.3, 0.4) is 0 Å². The maximum absolute atomic E-state index is 4.42. The van der Waals surface area contributed by atoms with Crippen LogP contribution in [0, 0.1) is 5.92 Å². The minimum Gasteiger partial charge on any atom is -0.294 e. The molecular formula is C9H17N. The van der Waals surface area contributed by atoms with Crippen LogP contribution in [-0.2, 0) is 0 Å². The van der Waals surface area contributed by atoms with Gasteiger partial charge in [0.15, 0.2) is 0 Å². The van der Waals surface area contributed by atoms with Gasteiger partial charge in [0.2, 0.25) is 0 Å². The lowest BCUT2D eigenvalue weighted by Gasteiger charge is -2.02. The molecule has 0 amide bonds. The fourth-order valence-electron chi connectivity index (χ4n) is 1.26. The van der Waals surface area contributed by atoms with E-state index in [2.05, 4.69) is 18.8 Å². The largest absolute Gasteiger partial charge is 0.294 e. The third-order valence-electron chi connectivity index (χ3n) is 1.97. The first-order valence-electron chi connectivity index (χ1n) is 4.31. The van der Waals surface area contributed by atoms with Gasteiger partial charge in [-0.15, -0.1) is 0 Å². The Morgan fingerprint density at radius 3 is 2.80 bits per heavy atom. The molecule has 0 aromatic heterocycles. The summed E-state index contributed by atoms with van der Waals surface area (Å²) in [6, 6.07) is 0. The summed E-state index contributed by atoms with van der Waals surface area (Å²) >= 11 is 0. The predicted molar refractivity (Wildman–Crippen MR) is 45.6 cm³/mol. The van der Waals surface area contributed by atoms with E-state index in [0.717, 1.165) is 12.5 Å². The minimum atomic E-state index is 0.836. The van der Waals surface area contributed by atoms with Gasteiger partial charge >= 0.3 is 0 Å².